The van der Waals surface area contributed by atoms with Gasteiger partial charge >= 0.3 is 0 Å². The van der Waals surface area contributed by atoms with E-state index in [9.17, 15) is 4.79 Å². The van der Waals surface area contributed by atoms with Gasteiger partial charge in [0.1, 0.15) is 0 Å². The second-order valence-corrected chi connectivity index (χ2v) is 3.38. The van der Waals surface area contributed by atoms with Gasteiger partial charge in [-0.05, 0) is 18.2 Å². The number of hydrogen-bond donors (Lipinski definition) is 1. The van der Waals surface area contributed by atoms with Gasteiger partial charge in [-0.1, -0.05) is 6.07 Å². The van der Waals surface area contributed by atoms with Crippen LogP contribution in [0.1, 0.15) is 16.1 Å². The lowest BCUT2D eigenvalue weighted by Crippen LogP contribution is -2.26. The number of hydrogen-bond acceptors (Lipinski definition) is 4. The zero-order chi connectivity index (χ0) is 12.3. The van der Waals surface area contributed by atoms with E-state index in [2.05, 4.69) is 15.4 Å². The van der Waals surface area contributed by atoms with Gasteiger partial charge in [-0.3, -0.25) is 4.79 Å². The summed E-state index contributed by atoms with van der Waals surface area (Å²) in [5.41, 5.74) is 1.37. The molecule has 1 N–H and O–H groups in total. The van der Waals surface area contributed by atoms with Crippen LogP contribution >= 0.6 is 0 Å². The summed E-state index contributed by atoms with van der Waals surface area (Å²) in [4.78, 5) is 13.3. The lowest BCUT2D eigenvalue weighted by atomic mass is 10.2. The minimum absolute atomic E-state index is 0.231. The number of H-pyrrole nitrogens is 1. The molecule has 0 aliphatic carbocycles. The first-order chi connectivity index (χ1) is 8.22. The number of nitriles is 1. The number of anilines is 1. The van der Waals surface area contributed by atoms with Gasteiger partial charge in [0, 0.05) is 12.7 Å². The fourth-order valence-electron chi connectivity index (χ4n) is 1.38. The first-order valence-corrected chi connectivity index (χ1v) is 4.86. The Bertz CT molecular complexity index is 570. The summed E-state index contributed by atoms with van der Waals surface area (Å²) < 4.78 is 0. The Hall–Kier alpha value is -2.68. The normalized spacial score (nSPS) is 9.65. The van der Waals surface area contributed by atoms with Gasteiger partial charge in [0.25, 0.3) is 5.91 Å². The quantitative estimate of drug-likeness (QED) is 0.827. The van der Waals surface area contributed by atoms with Crippen molar-refractivity contribution in [1.29, 1.82) is 5.26 Å². The van der Waals surface area contributed by atoms with Crippen LogP contribution in [0, 0.1) is 11.3 Å². The Morgan fingerprint density at radius 2 is 2.35 bits per heavy atom. The number of amides is 1. The Balaban J connectivity index is 2.28. The van der Waals surface area contributed by atoms with Gasteiger partial charge in [0.15, 0.2) is 5.69 Å². The molecule has 0 spiro atoms. The van der Waals surface area contributed by atoms with Crippen molar-refractivity contribution in [3.05, 3.63) is 41.7 Å². The summed E-state index contributed by atoms with van der Waals surface area (Å²) in [5, 5.41) is 18.5. The number of aromatic nitrogens is 3. The van der Waals surface area contributed by atoms with Crippen LogP contribution in [-0.2, 0) is 0 Å². The van der Waals surface area contributed by atoms with Crippen LogP contribution in [0.3, 0.4) is 0 Å². The molecule has 0 radical (unpaired) electrons. The second kappa shape index (κ2) is 4.45. The molecule has 0 aliphatic rings. The molecule has 0 unspecified atom stereocenters. The molecule has 2 aromatic rings. The molecule has 2 rings (SSSR count). The molecule has 0 saturated carbocycles. The predicted octanol–water partition coefficient (Wildman–Crippen LogP) is 0.953. The molecule has 0 fully saturated rings. The smallest absolute Gasteiger partial charge is 0.280 e. The van der Waals surface area contributed by atoms with Crippen LogP contribution in [0.15, 0.2) is 30.5 Å². The van der Waals surface area contributed by atoms with E-state index in [1.165, 1.54) is 11.1 Å². The van der Waals surface area contributed by atoms with Crippen molar-refractivity contribution in [1.82, 2.24) is 15.4 Å². The van der Waals surface area contributed by atoms with Gasteiger partial charge in [-0.2, -0.15) is 20.7 Å². The zero-order valence-corrected chi connectivity index (χ0v) is 9.08. The molecule has 0 bridgehead atoms. The average molecular weight is 227 g/mol. The average Bonchev–Trinajstić information content (AvgIpc) is 2.91. The SMILES string of the molecule is CN(C(=O)c1cn[nH]n1)c1cccc(C#N)c1. The zero-order valence-electron chi connectivity index (χ0n) is 9.08. The highest BCUT2D eigenvalue weighted by molar-refractivity contribution is 6.04. The Morgan fingerprint density at radius 1 is 1.53 bits per heavy atom. The van der Waals surface area contributed by atoms with Gasteiger partial charge in [0.05, 0.1) is 17.8 Å². The monoisotopic (exact) mass is 227 g/mol. The van der Waals surface area contributed by atoms with Crippen molar-refractivity contribution in [2.24, 2.45) is 0 Å². The standard InChI is InChI=1S/C11H9N5O/c1-16(11(17)10-7-13-15-14-10)9-4-2-3-8(5-9)6-12/h2-5,7H,1H3,(H,13,14,15). The molecule has 6 heteroatoms. The highest BCUT2D eigenvalue weighted by atomic mass is 16.2. The molecular formula is C11H9N5O. The fourth-order valence-corrected chi connectivity index (χ4v) is 1.38. The molecule has 84 valence electrons. The number of benzene rings is 1. The fraction of sp³-hybridized carbons (Fsp3) is 0.0909. The first kappa shape index (κ1) is 10.8. The van der Waals surface area contributed by atoms with E-state index in [-0.39, 0.29) is 11.6 Å². The molecule has 17 heavy (non-hydrogen) atoms. The molecule has 0 aliphatic heterocycles. The van der Waals surface area contributed by atoms with Crippen LogP contribution in [0.25, 0.3) is 0 Å². The van der Waals surface area contributed by atoms with E-state index in [0.717, 1.165) is 0 Å². The van der Waals surface area contributed by atoms with Crippen molar-refractivity contribution in [2.45, 2.75) is 0 Å². The van der Waals surface area contributed by atoms with E-state index in [4.69, 9.17) is 5.26 Å². The number of rotatable bonds is 2. The van der Waals surface area contributed by atoms with Crippen LogP contribution < -0.4 is 4.90 Å². The minimum Gasteiger partial charge on any atom is -0.310 e. The Labute approximate surface area is 97.5 Å². The number of carbonyl (C=O) groups is 1. The van der Waals surface area contributed by atoms with Crippen LogP contribution in [0.4, 0.5) is 5.69 Å². The molecule has 1 aromatic carbocycles. The number of nitrogens with zero attached hydrogens (tertiary/aromatic N) is 4. The van der Waals surface area contributed by atoms with Gasteiger partial charge in [-0.25, -0.2) is 0 Å². The van der Waals surface area contributed by atoms with E-state index < -0.39 is 0 Å². The molecular weight excluding hydrogens is 218 g/mol. The van der Waals surface area contributed by atoms with Crippen molar-refractivity contribution in [3.63, 3.8) is 0 Å². The van der Waals surface area contributed by atoms with Crippen molar-refractivity contribution >= 4 is 11.6 Å². The molecule has 1 aromatic heterocycles. The number of nitrogens with one attached hydrogen (secondary N) is 1. The topological polar surface area (TPSA) is 85.7 Å². The van der Waals surface area contributed by atoms with Crippen molar-refractivity contribution in [2.75, 3.05) is 11.9 Å². The maximum atomic E-state index is 11.9. The highest BCUT2D eigenvalue weighted by Gasteiger charge is 2.15. The Morgan fingerprint density at radius 3 is 3.00 bits per heavy atom. The summed E-state index contributed by atoms with van der Waals surface area (Å²) in [7, 11) is 1.62. The first-order valence-electron chi connectivity index (χ1n) is 4.86. The van der Waals surface area contributed by atoms with E-state index in [1.807, 2.05) is 6.07 Å². The van der Waals surface area contributed by atoms with E-state index in [1.54, 1.807) is 31.3 Å². The van der Waals surface area contributed by atoms with E-state index in [0.29, 0.717) is 11.3 Å². The molecule has 1 heterocycles. The molecule has 6 nitrogen and oxygen atoms in total. The molecule has 1 amide bonds. The second-order valence-electron chi connectivity index (χ2n) is 3.38. The van der Waals surface area contributed by atoms with Crippen LogP contribution in [-0.4, -0.2) is 28.4 Å². The summed E-state index contributed by atoms with van der Waals surface area (Å²) in [6, 6.07) is 8.81. The van der Waals surface area contributed by atoms with Crippen molar-refractivity contribution in [3.8, 4) is 6.07 Å². The minimum atomic E-state index is -0.283. The maximum Gasteiger partial charge on any atom is 0.280 e. The Kier molecular flexibility index (Phi) is 2.83. The lowest BCUT2D eigenvalue weighted by molar-refractivity contribution is 0.0988. The third kappa shape index (κ3) is 2.13. The highest BCUT2D eigenvalue weighted by Crippen LogP contribution is 2.15. The maximum absolute atomic E-state index is 11.9. The van der Waals surface area contributed by atoms with Gasteiger partial charge < -0.3 is 4.90 Å². The summed E-state index contributed by atoms with van der Waals surface area (Å²) in [6.07, 6.45) is 1.35. The van der Waals surface area contributed by atoms with Crippen LogP contribution in [0.5, 0.6) is 0 Å². The van der Waals surface area contributed by atoms with Gasteiger partial charge in [-0.15, -0.1) is 0 Å². The van der Waals surface area contributed by atoms with Crippen LogP contribution in [0.2, 0.25) is 0 Å². The predicted molar refractivity (Wildman–Crippen MR) is 60.3 cm³/mol. The number of carbonyl (C=O) groups excluding carboxylic acids is 1. The third-order valence-electron chi connectivity index (χ3n) is 2.30. The lowest BCUT2D eigenvalue weighted by Gasteiger charge is -2.15. The molecule has 0 saturated heterocycles. The number of aromatic amines is 1. The third-order valence-corrected chi connectivity index (χ3v) is 2.30. The van der Waals surface area contributed by atoms with Gasteiger partial charge in [0.2, 0.25) is 0 Å². The molecule has 0 atom stereocenters. The van der Waals surface area contributed by atoms with Crippen molar-refractivity contribution < 1.29 is 4.79 Å². The summed E-state index contributed by atoms with van der Waals surface area (Å²) in [5.74, 6) is -0.283. The summed E-state index contributed by atoms with van der Waals surface area (Å²) in [6.45, 7) is 0. The summed E-state index contributed by atoms with van der Waals surface area (Å²) >= 11 is 0. The van der Waals surface area contributed by atoms with E-state index >= 15 is 0 Å². The largest absolute Gasteiger partial charge is 0.310 e.